The summed E-state index contributed by atoms with van der Waals surface area (Å²) in [6.07, 6.45) is 4.42. The van der Waals surface area contributed by atoms with Crippen LogP contribution in [-0.2, 0) is 20.9 Å². The van der Waals surface area contributed by atoms with E-state index in [-0.39, 0.29) is 35.9 Å². The van der Waals surface area contributed by atoms with Crippen LogP contribution >= 0.6 is 0 Å². The molecule has 3 atom stereocenters. The number of amides is 2. The van der Waals surface area contributed by atoms with Gasteiger partial charge in [-0.2, -0.15) is 0 Å². The SMILES string of the molecule is O=C(C[C@@H]1C[C@H]2CN(C(=O)C3CC(F)C3)C[C@H]2O1)NCc1cccnc1. The zero-order valence-corrected chi connectivity index (χ0v) is 14.6. The standard InChI is InChI=1S/C19H24FN3O3/c20-15-4-13(5-15)19(25)23-10-14-6-16(26-17(14)11-23)7-18(24)22-9-12-2-1-3-21-8-12/h1-3,8,13-17H,4-7,9-11H2,(H,22,24)/t13?,14-,15?,16-,17+/m0/s1. The fourth-order valence-electron chi connectivity index (χ4n) is 4.16. The Hall–Kier alpha value is -2.02. The predicted octanol–water partition coefficient (Wildman–Crippen LogP) is 1.45. The Balaban J connectivity index is 1.20. The van der Waals surface area contributed by atoms with Gasteiger partial charge in [-0.25, -0.2) is 4.39 Å². The summed E-state index contributed by atoms with van der Waals surface area (Å²) >= 11 is 0. The first-order valence-electron chi connectivity index (χ1n) is 9.32. The first-order valence-corrected chi connectivity index (χ1v) is 9.32. The number of rotatable bonds is 5. The molecular formula is C19H24FN3O3. The molecule has 0 unspecified atom stereocenters. The van der Waals surface area contributed by atoms with Gasteiger partial charge in [0.15, 0.2) is 0 Å². The van der Waals surface area contributed by atoms with Gasteiger partial charge in [0.2, 0.25) is 11.8 Å². The molecule has 0 radical (unpaired) electrons. The number of ether oxygens (including phenoxy) is 1. The number of pyridine rings is 1. The van der Waals surface area contributed by atoms with E-state index in [1.807, 2.05) is 17.0 Å². The molecule has 3 aliphatic rings. The fraction of sp³-hybridized carbons (Fsp3) is 0.632. The Labute approximate surface area is 152 Å². The number of likely N-dealkylation sites (tertiary alicyclic amines) is 1. The molecule has 3 heterocycles. The number of carbonyl (C=O) groups excluding carboxylic acids is 2. The van der Waals surface area contributed by atoms with Crippen molar-refractivity contribution in [3.8, 4) is 0 Å². The Bertz CT molecular complexity index is 651. The van der Waals surface area contributed by atoms with Crippen LogP contribution in [-0.4, -0.2) is 53.2 Å². The van der Waals surface area contributed by atoms with Gasteiger partial charge < -0.3 is 15.0 Å². The third kappa shape index (κ3) is 3.72. The average molecular weight is 361 g/mol. The Morgan fingerprint density at radius 1 is 1.31 bits per heavy atom. The van der Waals surface area contributed by atoms with Crippen molar-refractivity contribution in [3.05, 3.63) is 30.1 Å². The van der Waals surface area contributed by atoms with Crippen molar-refractivity contribution in [2.24, 2.45) is 11.8 Å². The Morgan fingerprint density at radius 3 is 2.85 bits per heavy atom. The predicted molar refractivity (Wildman–Crippen MR) is 91.7 cm³/mol. The number of hydrogen-bond donors (Lipinski definition) is 1. The van der Waals surface area contributed by atoms with E-state index in [0.29, 0.717) is 38.9 Å². The van der Waals surface area contributed by atoms with E-state index in [1.54, 1.807) is 12.4 Å². The van der Waals surface area contributed by atoms with Gasteiger partial charge in [-0.1, -0.05) is 6.07 Å². The molecule has 7 heteroatoms. The molecule has 6 nitrogen and oxygen atoms in total. The molecule has 3 fully saturated rings. The van der Waals surface area contributed by atoms with E-state index >= 15 is 0 Å². The van der Waals surface area contributed by atoms with Crippen molar-refractivity contribution in [3.63, 3.8) is 0 Å². The molecular weight excluding hydrogens is 337 g/mol. The van der Waals surface area contributed by atoms with Gasteiger partial charge >= 0.3 is 0 Å². The van der Waals surface area contributed by atoms with Gasteiger partial charge in [0.05, 0.1) is 18.6 Å². The maximum absolute atomic E-state index is 13.0. The van der Waals surface area contributed by atoms with Crippen molar-refractivity contribution >= 4 is 11.8 Å². The summed E-state index contributed by atoms with van der Waals surface area (Å²) in [4.78, 5) is 30.3. The molecule has 0 bridgehead atoms. The summed E-state index contributed by atoms with van der Waals surface area (Å²) in [5, 5.41) is 2.89. The van der Waals surface area contributed by atoms with Crippen LogP contribution in [0.5, 0.6) is 0 Å². The lowest BCUT2D eigenvalue weighted by Gasteiger charge is -2.32. The highest BCUT2D eigenvalue weighted by atomic mass is 19.1. The van der Waals surface area contributed by atoms with Gasteiger partial charge in [0.1, 0.15) is 6.17 Å². The molecule has 1 saturated carbocycles. The van der Waals surface area contributed by atoms with Crippen LogP contribution in [0.1, 0.15) is 31.2 Å². The van der Waals surface area contributed by atoms with Gasteiger partial charge in [-0.15, -0.1) is 0 Å². The van der Waals surface area contributed by atoms with Gasteiger partial charge in [-0.3, -0.25) is 14.6 Å². The normalized spacial score (nSPS) is 32.8. The van der Waals surface area contributed by atoms with E-state index in [0.717, 1.165) is 12.0 Å². The Kier molecular flexibility index (Phi) is 4.89. The molecule has 4 rings (SSSR count). The molecule has 2 aliphatic heterocycles. The molecule has 0 aromatic carbocycles. The first kappa shape index (κ1) is 17.4. The minimum Gasteiger partial charge on any atom is -0.372 e. The Morgan fingerprint density at radius 2 is 2.15 bits per heavy atom. The molecule has 1 N–H and O–H groups in total. The van der Waals surface area contributed by atoms with Crippen molar-refractivity contribution in [2.75, 3.05) is 13.1 Å². The van der Waals surface area contributed by atoms with E-state index in [2.05, 4.69) is 10.3 Å². The third-order valence-corrected chi connectivity index (χ3v) is 5.68. The summed E-state index contributed by atoms with van der Waals surface area (Å²) in [6.45, 7) is 1.71. The first-order chi connectivity index (χ1) is 12.6. The molecule has 2 amide bonds. The lowest BCUT2D eigenvalue weighted by Crippen LogP contribution is -2.42. The van der Waals surface area contributed by atoms with Crippen molar-refractivity contribution in [1.29, 1.82) is 0 Å². The highest BCUT2D eigenvalue weighted by molar-refractivity contribution is 5.80. The summed E-state index contributed by atoms with van der Waals surface area (Å²) in [6, 6.07) is 3.76. The van der Waals surface area contributed by atoms with Crippen molar-refractivity contribution < 1.29 is 18.7 Å². The maximum Gasteiger partial charge on any atom is 0.225 e. The van der Waals surface area contributed by atoms with Crippen LogP contribution in [0.25, 0.3) is 0 Å². The van der Waals surface area contributed by atoms with Crippen LogP contribution in [0, 0.1) is 11.8 Å². The second-order valence-corrected chi connectivity index (χ2v) is 7.64. The molecule has 1 aromatic rings. The zero-order chi connectivity index (χ0) is 18.1. The second-order valence-electron chi connectivity index (χ2n) is 7.64. The monoisotopic (exact) mass is 361 g/mol. The average Bonchev–Trinajstić information content (AvgIpc) is 3.16. The number of hydrogen-bond acceptors (Lipinski definition) is 4. The molecule has 1 aromatic heterocycles. The van der Waals surface area contributed by atoms with Crippen LogP contribution in [0.15, 0.2) is 24.5 Å². The minimum absolute atomic E-state index is 0.0105. The zero-order valence-electron chi connectivity index (χ0n) is 14.6. The number of alkyl halides is 1. The summed E-state index contributed by atoms with van der Waals surface area (Å²) in [7, 11) is 0. The lowest BCUT2D eigenvalue weighted by molar-refractivity contribution is -0.140. The number of carbonyl (C=O) groups is 2. The summed E-state index contributed by atoms with van der Waals surface area (Å²) in [5.41, 5.74) is 0.964. The summed E-state index contributed by atoms with van der Waals surface area (Å²) in [5.74, 6) is 0.187. The number of fused-ring (bicyclic) bond motifs is 1. The van der Waals surface area contributed by atoms with Gasteiger partial charge in [0.25, 0.3) is 0 Å². The molecule has 140 valence electrons. The molecule has 26 heavy (non-hydrogen) atoms. The van der Waals surface area contributed by atoms with E-state index in [4.69, 9.17) is 4.74 Å². The highest BCUT2D eigenvalue weighted by Gasteiger charge is 2.46. The van der Waals surface area contributed by atoms with Crippen LogP contribution in [0.3, 0.4) is 0 Å². The highest BCUT2D eigenvalue weighted by Crippen LogP contribution is 2.37. The van der Waals surface area contributed by atoms with Crippen LogP contribution < -0.4 is 5.32 Å². The smallest absolute Gasteiger partial charge is 0.225 e. The van der Waals surface area contributed by atoms with Crippen molar-refractivity contribution in [1.82, 2.24) is 15.2 Å². The number of halogens is 1. The number of nitrogens with zero attached hydrogens (tertiary/aromatic N) is 2. The topological polar surface area (TPSA) is 71.5 Å². The maximum atomic E-state index is 13.0. The quantitative estimate of drug-likeness (QED) is 0.862. The van der Waals surface area contributed by atoms with Crippen LogP contribution in [0.4, 0.5) is 4.39 Å². The number of nitrogens with one attached hydrogen (secondary N) is 1. The van der Waals surface area contributed by atoms with Gasteiger partial charge in [-0.05, 0) is 30.9 Å². The number of aromatic nitrogens is 1. The second kappa shape index (κ2) is 7.31. The minimum atomic E-state index is -0.808. The third-order valence-electron chi connectivity index (χ3n) is 5.68. The van der Waals surface area contributed by atoms with Crippen molar-refractivity contribution in [2.45, 2.75) is 50.6 Å². The fourth-order valence-corrected chi connectivity index (χ4v) is 4.16. The van der Waals surface area contributed by atoms with Gasteiger partial charge in [0, 0.05) is 43.9 Å². The van der Waals surface area contributed by atoms with E-state index in [9.17, 15) is 14.0 Å². The molecule has 2 saturated heterocycles. The lowest BCUT2D eigenvalue weighted by atomic mass is 9.82. The molecule has 0 spiro atoms. The molecule has 1 aliphatic carbocycles. The van der Waals surface area contributed by atoms with Crippen LogP contribution in [0.2, 0.25) is 0 Å². The van der Waals surface area contributed by atoms with E-state index < -0.39 is 6.17 Å². The largest absolute Gasteiger partial charge is 0.372 e. The van der Waals surface area contributed by atoms with E-state index in [1.165, 1.54) is 0 Å². The summed E-state index contributed by atoms with van der Waals surface area (Å²) < 4.78 is 19.0.